The lowest BCUT2D eigenvalue weighted by Crippen LogP contribution is -2.22. The molecule has 0 fully saturated rings. The van der Waals surface area contributed by atoms with Gasteiger partial charge in [-0.2, -0.15) is 5.26 Å². The van der Waals surface area contributed by atoms with Gasteiger partial charge in [-0.25, -0.2) is 18.6 Å². The summed E-state index contributed by atoms with van der Waals surface area (Å²) < 4.78 is 43.1. The molecule has 11 heteroatoms. The van der Waals surface area contributed by atoms with Crippen LogP contribution in [-0.4, -0.2) is 35.4 Å². The number of nitrogens with zero attached hydrogens (tertiary/aromatic N) is 3. The van der Waals surface area contributed by atoms with Gasteiger partial charge in [0, 0.05) is 50.3 Å². The van der Waals surface area contributed by atoms with Crippen molar-refractivity contribution in [3.8, 4) is 28.7 Å². The second kappa shape index (κ2) is 11.0. The Bertz CT molecular complexity index is 1520. The van der Waals surface area contributed by atoms with Crippen LogP contribution < -0.4 is 10.1 Å². The zero-order chi connectivity index (χ0) is 27.4. The summed E-state index contributed by atoms with van der Waals surface area (Å²) in [5.41, 5.74) is 1.76. The number of nitrogens with one attached hydrogen (secondary N) is 1. The SMILES string of the molecule is C[Si](C)(C)CCOCn1cc(-c2ccccc2C#N)c2c(Oc3c(F)cc(NC(=O)O)cc3F)ccnc21. The van der Waals surface area contributed by atoms with E-state index in [0.29, 0.717) is 34.3 Å². The molecule has 2 aromatic carbocycles. The van der Waals surface area contributed by atoms with Gasteiger partial charge in [0.1, 0.15) is 18.1 Å². The molecular weight excluding hydrogens is 510 g/mol. The molecular formula is C27H26F2N4O4Si. The van der Waals surface area contributed by atoms with Crippen molar-refractivity contribution in [1.82, 2.24) is 9.55 Å². The first-order valence-corrected chi connectivity index (χ1v) is 15.5. The minimum atomic E-state index is -1.46. The number of pyridine rings is 1. The van der Waals surface area contributed by atoms with E-state index in [1.54, 1.807) is 35.0 Å². The third kappa shape index (κ3) is 5.99. The Morgan fingerprint density at radius 2 is 1.87 bits per heavy atom. The number of fused-ring (bicyclic) bond motifs is 1. The third-order valence-corrected chi connectivity index (χ3v) is 7.45. The molecule has 0 saturated carbocycles. The smallest absolute Gasteiger partial charge is 0.409 e. The highest BCUT2D eigenvalue weighted by Crippen LogP contribution is 2.40. The molecule has 0 saturated heterocycles. The summed E-state index contributed by atoms with van der Waals surface area (Å²) in [6.45, 7) is 7.53. The van der Waals surface area contributed by atoms with Gasteiger partial charge >= 0.3 is 6.09 Å². The zero-order valence-electron chi connectivity index (χ0n) is 21.1. The molecule has 0 aliphatic rings. The fourth-order valence-corrected chi connectivity index (χ4v) is 4.65. The predicted molar refractivity (Wildman–Crippen MR) is 142 cm³/mol. The fourth-order valence-electron chi connectivity index (χ4n) is 3.89. The quantitative estimate of drug-likeness (QED) is 0.175. The minimum absolute atomic E-state index is 0.107. The number of anilines is 1. The van der Waals surface area contributed by atoms with E-state index in [2.05, 4.69) is 30.7 Å². The molecule has 4 aromatic rings. The first kappa shape index (κ1) is 26.8. The van der Waals surface area contributed by atoms with Crippen molar-refractivity contribution in [2.75, 3.05) is 11.9 Å². The summed E-state index contributed by atoms with van der Waals surface area (Å²) in [6.07, 6.45) is 1.77. The number of benzene rings is 2. The Morgan fingerprint density at radius 3 is 2.53 bits per heavy atom. The molecule has 0 bridgehead atoms. The number of hydrogen-bond donors (Lipinski definition) is 2. The van der Waals surface area contributed by atoms with E-state index in [-0.39, 0.29) is 18.2 Å². The standard InChI is InChI=1S/C27H26F2N4O4Si/c1-38(2,3)11-10-36-16-33-15-20(19-7-5-4-6-17(19)14-30)24-23(8-9-31-26(24)33)37-25-21(28)12-18(13-22(25)29)32-27(34)35/h4-9,12-13,15,32H,10-11,16H2,1-3H3,(H,34,35). The summed E-state index contributed by atoms with van der Waals surface area (Å²) >= 11 is 0. The van der Waals surface area contributed by atoms with Crippen molar-refractivity contribution in [2.24, 2.45) is 0 Å². The first-order chi connectivity index (χ1) is 18.1. The van der Waals surface area contributed by atoms with E-state index in [0.717, 1.165) is 18.2 Å². The highest BCUT2D eigenvalue weighted by atomic mass is 28.3. The van der Waals surface area contributed by atoms with Gasteiger partial charge in [-0.05, 0) is 18.2 Å². The lowest BCUT2D eigenvalue weighted by Gasteiger charge is -2.15. The Kier molecular flexibility index (Phi) is 7.75. The third-order valence-electron chi connectivity index (χ3n) is 5.75. The zero-order valence-corrected chi connectivity index (χ0v) is 22.1. The molecule has 0 spiro atoms. The average molecular weight is 537 g/mol. The summed E-state index contributed by atoms with van der Waals surface area (Å²) in [5, 5.41) is 20.9. The van der Waals surface area contributed by atoms with Crippen LogP contribution in [0.3, 0.4) is 0 Å². The van der Waals surface area contributed by atoms with Gasteiger partial charge in [-0.3, -0.25) is 5.32 Å². The van der Waals surface area contributed by atoms with Gasteiger partial charge < -0.3 is 19.1 Å². The predicted octanol–water partition coefficient (Wildman–Crippen LogP) is 7.05. The number of amides is 1. The number of carboxylic acid groups (broad SMARTS) is 1. The van der Waals surface area contributed by atoms with Gasteiger partial charge in [-0.1, -0.05) is 37.8 Å². The van der Waals surface area contributed by atoms with Gasteiger partial charge in [-0.15, -0.1) is 0 Å². The second-order valence-electron chi connectivity index (χ2n) is 9.83. The largest absolute Gasteiger partial charge is 0.465 e. The summed E-state index contributed by atoms with van der Waals surface area (Å²) in [4.78, 5) is 15.3. The summed E-state index contributed by atoms with van der Waals surface area (Å²) in [5.74, 6) is -2.78. The highest BCUT2D eigenvalue weighted by Gasteiger charge is 2.22. The lowest BCUT2D eigenvalue weighted by molar-refractivity contribution is 0.0899. The molecule has 0 unspecified atom stereocenters. The van der Waals surface area contributed by atoms with Crippen LogP contribution in [0.15, 0.2) is 54.9 Å². The van der Waals surface area contributed by atoms with E-state index in [9.17, 15) is 18.8 Å². The van der Waals surface area contributed by atoms with Gasteiger partial charge in [0.05, 0.1) is 22.7 Å². The highest BCUT2D eigenvalue weighted by molar-refractivity contribution is 6.76. The van der Waals surface area contributed by atoms with Crippen molar-refractivity contribution in [1.29, 1.82) is 5.26 Å². The van der Waals surface area contributed by atoms with Crippen molar-refractivity contribution in [2.45, 2.75) is 32.4 Å². The number of carbonyl (C=O) groups is 1. The van der Waals surface area contributed by atoms with Crippen LogP contribution >= 0.6 is 0 Å². The van der Waals surface area contributed by atoms with Crippen LogP contribution in [0.1, 0.15) is 5.56 Å². The number of ether oxygens (including phenoxy) is 2. The molecule has 1 amide bonds. The number of halogens is 2. The number of aromatic nitrogens is 2. The minimum Gasteiger partial charge on any atom is -0.465 e. The lowest BCUT2D eigenvalue weighted by atomic mass is 10.0. The molecule has 8 nitrogen and oxygen atoms in total. The van der Waals surface area contributed by atoms with E-state index < -0.39 is 31.6 Å². The normalized spacial score (nSPS) is 11.4. The van der Waals surface area contributed by atoms with Crippen molar-refractivity contribution in [3.05, 3.63) is 72.1 Å². The van der Waals surface area contributed by atoms with Crippen molar-refractivity contribution >= 4 is 30.9 Å². The van der Waals surface area contributed by atoms with Crippen molar-refractivity contribution < 1.29 is 28.2 Å². The Balaban J connectivity index is 1.80. The van der Waals surface area contributed by atoms with Crippen LogP contribution in [0, 0.1) is 23.0 Å². The van der Waals surface area contributed by atoms with E-state index in [1.807, 2.05) is 5.32 Å². The van der Waals surface area contributed by atoms with Crippen LogP contribution in [0.25, 0.3) is 22.2 Å². The Morgan fingerprint density at radius 1 is 1.16 bits per heavy atom. The molecule has 0 atom stereocenters. The number of nitriles is 1. The van der Waals surface area contributed by atoms with Gasteiger partial charge in [0.2, 0.25) is 0 Å². The molecule has 2 N–H and O–H groups in total. The maximum atomic E-state index is 14.8. The van der Waals surface area contributed by atoms with E-state index >= 15 is 0 Å². The molecule has 2 heterocycles. The summed E-state index contributed by atoms with van der Waals surface area (Å²) in [6, 6.07) is 13.3. The average Bonchev–Trinajstić information content (AvgIpc) is 3.22. The van der Waals surface area contributed by atoms with E-state index in [4.69, 9.17) is 14.6 Å². The Labute approximate surface area is 219 Å². The molecule has 38 heavy (non-hydrogen) atoms. The number of hydrogen-bond acceptors (Lipinski definition) is 5. The molecule has 4 rings (SSSR count). The summed E-state index contributed by atoms with van der Waals surface area (Å²) in [7, 11) is -1.30. The van der Waals surface area contributed by atoms with Crippen LogP contribution in [0.2, 0.25) is 25.7 Å². The Hall–Kier alpha value is -4.27. The molecule has 2 aromatic heterocycles. The maximum absolute atomic E-state index is 14.8. The molecule has 0 radical (unpaired) electrons. The maximum Gasteiger partial charge on any atom is 0.409 e. The van der Waals surface area contributed by atoms with Crippen molar-refractivity contribution in [3.63, 3.8) is 0 Å². The number of rotatable bonds is 9. The molecule has 0 aliphatic heterocycles. The van der Waals surface area contributed by atoms with Crippen LogP contribution in [-0.2, 0) is 11.5 Å². The first-order valence-electron chi connectivity index (χ1n) is 11.8. The monoisotopic (exact) mass is 536 g/mol. The molecule has 196 valence electrons. The van der Waals surface area contributed by atoms with Gasteiger partial charge in [0.25, 0.3) is 0 Å². The fraction of sp³-hybridized carbons (Fsp3) is 0.222. The van der Waals surface area contributed by atoms with Gasteiger partial charge in [0.15, 0.2) is 17.4 Å². The molecule has 0 aliphatic carbocycles. The second-order valence-corrected chi connectivity index (χ2v) is 15.4. The van der Waals surface area contributed by atoms with E-state index in [1.165, 1.54) is 12.3 Å². The van der Waals surface area contributed by atoms with Crippen LogP contribution in [0.5, 0.6) is 11.5 Å². The topological polar surface area (TPSA) is 109 Å². The van der Waals surface area contributed by atoms with Crippen LogP contribution in [0.4, 0.5) is 19.3 Å².